The Bertz CT molecular complexity index is 921. The first-order chi connectivity index (χ1) is 13.0. The summed E-state index contributed by atoms with van der Waals surface area (Å²) in [5, 5.41) is 0. The van der Waals surface area contributed by atoms with Crippen LogP contribution in [-0.4, -0.2) is 4.98 Å². The smallest absolute Gasteiger partial charge is 0.120 e. The van der Waals surface area contributed by atoms with Crippen molar-refractivity contribution in [1.82, 2.24) is 4.98 Å². The molecule has 0 unspecified atom stereocenters. The number of benzene rings is 2. The van der Waals surface area contributed by atoms with E-state index in [1.165, 1.54) is 27.8 Å². The topological polar surface area (TPSA) is 22.1 Å². The van der Waals surface area contributed by atoms with Gasteiger partial charge in [0.1, 0.15) is 12.4 Å². The molecule has 2 heteroatoms. The lowest BCUT2D eigenvalue weighted by atomic mass is 9.94. The van der Waals surface area contributed by atoms with E-state index in [-0.39, 0.29) is 0 Å². The Morgan fingerprint density at radius 3 is 2.07 bits per heavy atom. The van der Waals surface area contributed by atoms with Crippen molar-refractivity contribution in [1.29, 1.82) is 0 Å². The third-order valence-electron chi connectivity index (χ3n) is 5.32. The summed E-state index contributed by atoms with van der Waals surface area (Å²) in [5.41, 5.74) is 9.78. The van der Waals surface area contributed by atoms with Gasteiger partial charge in [0.2, 0.25) is 0 Å². The second-order valence-electron chi connectivity index (χ2n) is 7.13. The Kier molecular flexibility index (Phi) is 5.95. The lowest BCUT2D eigenvalue weighted by Crippen LogP contribution is -2.02. The average Bonchev–Trinajstić information content (AvgIpc) is 2.68. The molecule has 0 aliphatic heterocycles. The number of aryl methyl sites for hydroxylation is 5. The Morgan fingerprint density at radius 1 is 0.778 bits per heavy atom. The number of aromatic nitrogens is 1. The molecule has 0 radical (unpaired) electrons. The van der Waals surface area contributed by atoms with Crippen LogP contribution in [-0.2, 0) is 19.4 Å². The zero-order valence-electron chi connectivity index (χ0n) is 17.1. The predicted octanol–water partition coefficient (Wildman–Crippen LogP) is 6.38. The van der Waals surface area contributed by atoms with Crippen molar-refractivity contribution in [2.24, 2.45) is 0 Å². The fourth-order valence-corrected chi connectivity index (χ4v) is 3.42. The maximum atomic E-state index is 6.00. The van der Waals surface area contributed by atoms with Gasteiger partial charge in [-0.1, -0.05) is 44.2 Å². The first-order valence-corrected chi connectivity index (χ1v) is 9.81. The van der Waals surface area contributed by atoms with E-state index in [0.717, 1.165) is 35.5 Å². The average molecular weight is 360 g/mol. The van der Waals surface area contributed by atoms with Crippen molar-refractivity contribution in [3.05, 3.63) is 82.0 Å². The van der Waals surface area contributed by atoms with Gasteiger partial charge in [-0.05, 0) is 74.1 Å². The van der Waals surface area contributed by atoms with E-state index < -0.39 is 0 Å². The molecule has 0 aliphatic rings. The zero-order chi connectivity index (χ0) is 19.4. The Morgan fingerprint density at radius 2 is 1.48 bits per heavy atom. The maximum absolute atomic E-state index is 6.00. The third-order valence-corrected chi connectivity index (χ3v) is 5.32. The number of ether oxygens (including phenoxy) is 1. The van der Waals surface area contributed by atoms with Gasteiger partial charge in [0.25, 0.3) is 0 Å². The van der Waals surface area contributed by atoms with Crippen molar-refractivity contribution >= 4 is 0 Å². The van der Waals surface area contributed by atoms with E-state index in [1.54, 1.807) is 0 Å². The zero-order valence-corrected chi connectivity index (χ0v) is 17.1. The molecular weight excluding hydrogens is 330 g/mol. The van der Waals surface area contributed by atoms with Gasteiger partial charge in [0.05, 0.1) is 5.69 Å². The van der Waals surface area contributed by atoms with Crippen LogP contribution < -0.4 is 4.74 Å². The molecule has 0 spiro atoms. The molecule has 3 aromatic rings. The van der Waals surface area contributed by atoms with Gasteiger partial charge in [-0.15, -0.1) is 0 Å². The van der Waals surface area contributed by atoms with Crippen molar-refractivity contribution in [3.63, 3.8) is 0 Å². The van der Waals surface area contributed by atoms with Crippen LogP contribution in [0.15, 0.2) is 48.5 Å². The fourth-order valence-electron chi connectivity index (χ4n) is 3.42. The first-order valence-electron chi connectivity index (χ1n) is 9.81. The van der Waals surface area contributed by atoms with E-state index in [1.807, 2.05) is 6.07 Å². The molecule has 3 rings (SSSR count). The van der Waals surface area contributed by atoms with Crippen LogP contribution in [0.3, 0.4) is 0 Å². The summed E-state index contributed by atoms with van der Waals surface area (Å²) >= 11 is 0. The van der Waals surface area contributed by atoms with Crippen LogP contribution in [0.1, 0.15) is 47.4 Å². The summed E-state index contributed by atoms with van der Waals surface area (Å²) in [6.07, 6.45) is 2.03. The molecule has 1 heterocycles. The van der Waals surface area contributed by atoms with E-state index in [2.05, 4.69) is 77.1 Å². The molecule has 1 aromatic heterocycles. The summed E-state index contributed by atoms with van der Waals surface area (Å²) < 4.78 is 6.00. The van der Waals surface area contributed by atoms with E-state index in [9.17, 15) is 0 Å². The van der Waals surface area contributed by atoms with Gasteiger partial charge in [0.15, 0.2) is 0 Å². The summed E-state index contributed by atoms with van der Waals surface area (Å²) in [7, 11) is 0. The lowest BCUT2D eigenvalue weighted by molar-refractivity contribution is 0.304. The number of hydrogen-bond donors (Lipinski definition) is 0. The van der Waals surface area contributed by atoms with Crippen LogP contribution >= 0.6 is 0 Å². The maximum Gasteiger partial charge on any atom is 0.120 e. The second kappa shape index (κ2) is 8.39. The Hall–Kier alpha value is -2.61. The van der Waals surface area contributed by atoms with Gasteiger partial charge >= 0.3 is 0 Å². The van der Waals surface area contributed by atoms with Crippen LogP contribution in [0.2, 0.25) is 0 Å². The van der Waals surface area contributed by atoms with Gasteiger partial charge < -0.3 is 4.74 Å². The van der Waals surface area contributed by atoms with Crippen molar-refractivity contribution in [2.75, 3.05) is 0 Å². The highest BCUT2D eigenvalue weighted by molar-refractivity contribution is 5.68. The number of hydrogen-bond acceptors (Lipinski definition) is 2. The van der Waals surface area contributed by atoms with Crippen molar-refractivity contribution < 1.29 is 4.74 Å². The highest BCUT2D eigenvalue weighted by Gasteiger charge is 2.12. The first kappa shape index (κ1) is 19.2. The minimum absolute atomic E-state index is 0.539. The number of rotatable bonds is 6. The monoisotopic (exact) mass is 359 g/mol. The fraction of sp³-hybridized carbons (Fsp3) is 0.320. The lowest BCUT2D eigenvalue weighted by Gasteiger charge is -2.15. The van der Waals surface area contributed by atoms with Crippen LogP contribution in [0, 0.1) is 20.8 Å². The molecule has 0 atom stereocenters. The van der Waals surface area contributed by atoms with Gasteiger partial charge in [-0.2, -0.15) is 0 Å². The second-order valence-corrected chi connectivity index (χ2v) is 7.13. The molecule has 0 aliphatic carbocycles. The Labute approximate surface area is 163 Å². The van der Waals surface area contributed by atoms with Crippen molar-refractivity contribution in [2.45, 2.75) is 54.1 Å². The minimum atomic E-state index is 0.539. The number of nitrogens with zero attached hydrogens (tertiary/aromatic N) is 1. The molecule has 140 valence electrons. The highest BCUT2D eigenvalue weighted by Crippen LogP contribution is 2.28. The Balaban J connectivity index is 1.85. The van der Waals surface area contributed by atoms with Gasteiger partial charge in [0, 0.05) is 16.8 Å². The molecule has 2 aromatic carbocycles. The minimum Gasteiger partial charge on any atom is -0.489 e. The molecule has 0 amide bonds. The van der Waals surface area contributed by atoms with E-state index in [4.69, 9.17) is 9.72 Å². The molecule has 2 nitrogen and oxygen atoms in total. The van der Waals surface area contributed by atoms with Gasteiger partial charge in [-0.3, -0.25) is 4.98 Å². The van der Waals surface area contributed by atoms with Gasteiger partial charge in [-0.25, -0.2) is 0 Å². The van der Waals surface area contributed by atoms with E-state index >= 15 is 0 Å². The normalized spacial score (nSPS) is 10.9. The molecule has 0 bridgehead atoms. The molecule has 0 saturated carbocycles. The standard InChI is InChI=1S/C25H29NO/c1-6-20-9-8-10-21(7-2)25(20)24-14-12-22(19(5)26-24)16-27-23-13-11-17(3)18(4)15-23/h8-15H,6-7,16H2,1-5H3. The molecular formula is C25H29NO. The van der Waals surface area contributed by atoms with Crippen LogP contribution in [0.25, 0.3) is 11.3 Å². The molecule has 0 fully saturated rings. The SMILES string of the molecule is CCc1cccc(CC)c1-c1ccc(COc2ccc(C)c(C)c2)c(C)n1. The summed E-state index contributed by atoms with van der Waals surface area (Å²) in [5.74, 6) is 0.908. The van der Waals surface area contributed by atoms with Crippen molar-refractivity contribution in [3.8, 4) is 17.0 Å². The molecule has 27 heavy (non-hydrogen) atoms. The summed E-state index contributed by atoms with van der Waals surface area (Å²) in [4.78, 5) is 4.92. The van der Waals surface area contributed by atoms with E-state index in [0.29, 0.717) is 6.61 Å². The molecule has 0 saturated heterocycles. The number of pyridine rings is 1. The van der Waals surface area contributed by atoms with Crippen LogP contribution in [0.4, 0.5) is 0 Å². The highest BCUT2D eigenvalue weighted by atomic mass is 16.5. The quantitative estimate of drug-likeness (QED) is 0.509. The summed E-state index contributed by atoms with van der Waals surface area (Å²) in [6, 6.07) is 17.1. The predicted molar refractivity (Wildman–Crippen MR) is 113 cm³/mol. The largest absolute Gasteiger partial charge is 0.489 e. The summed E-state index contributed by atoms with van der Waals surface area (Å²) in [6.45, 7) is 11.2. The molecule has 0 N–H and O–H groups in total. The van der Waals surface area contributed by atoms with Crippen LogP contribution in [0.5, 0.6) is 5.75 Å². The third kappa shape index (κ3) is 4.21.